The second kappa shape index (κ2) is 7.52. The lowest BCUT2D eigenvalue weighted by Gasteiger charge is -2.51. The molecule has 0 bridgehead atoms. The molecule has 3 heterocycles. The van der Waals surface area contributed by atoms with Gasteiger partial charge in [0.25, 0.3) is 5.91 Å². The van der Waals surface area contributed by atoms with E-state index in [1.807, 2.05) is 50.2 Å². The van der Waals surface area contributed by atoms with E-state index in [-0.39, 0.29) is 30.3 Å². The zero-order valence-electron chi connectivity index (χ0n) is 19.8. The van der Waals surface area contributed by atoms with Gasteiger partial charge < -0.3 is 24.3 Å². The number of rotatable bonds is 5. The van der Waals surface area contributed by atoms with Crippen molar-refractivity contribution in [2.75, 3.05) is 26.8 Å². The van der Waals surface area contributed by atoms with Crippen LogP contribution >= 0.6 is 0 Å². The maximum atomic E-state index is 13.9. The first-order valence-electron chi connectivity index (χ1n) is 12.0. The molecule has 1 saturated heterocycles. The van der Waals surface area contributed by atoms with E-state index < -0.39 is 5.54 Å². The number of benzene rings is 2. The van der Waals surface area contributed by atoms with Gasteiger partial charge in [-0.1, -0.05) is 30.3 Å². The zero-order chi connectivity index (χ0) is 23.6. The molecule has 1 saturated carbocycles. The predicted octanol–water partition coefficient (Wildman–Crippen LogP) is 3.77. The number of piperazine rings is 1. The number of methoxy groups -OCH3 is 1. The van der Waals surface area contributed by atoms with Crippen molar-refractivity contribution >= 4 is 22.7 Å². The van der Waals surface area contributed by atoms with Crippen molar-refractivity contribution < 1.29 is 19.1 Å². The summed E-state index contributed by atoms with van der Waals surface area (Å²) in [4.78, 5) is 34.6. The van der Waals surface area contributed by atoms with Crippen molar-refractivity contribution in [3.8, 4) is 11.5 Å². The van der Waals surface area contributed by atoms with Gasteiger partial charge in [0.2, 0.25) is 5.91 Å². The number of amides is 2. The fourth-order valence-electron chi connectivity index (χ4n) is 5.86. The van der Waals surface area contributed by atoms with Crippen LogP contribution in [0.3, 0.4) is 0 Å². The summed E-state index contributed by atoms with van der Waals surface area (Å²) in [5, 5.41) is 1.07. The minimum atomic E-state index is -1.06. The predicted molar refractivity (Wildman–Crippen MR) is 128 cm³/mol. The molecule has 7 nitrogen and oxygen atoms in total. The van der Waals surface area contributed by atoms with Crippen molar-refractivity contribution in [3.05, 3.63) is 59.3 Å². The summed E-state index contributed by atoms with van der Waals surface area (Å²) in [5.41, 5.74) is 2.72. The molecule has 2 atom stereocenters. The average molecular weight is 460 g/mol. The van der Waals surface area contributed by atoms with Crippen molar-refractivity contribution in [1.29, 1.82) is 0 Å². The SMILES string of the molecule is CCOc1c(OC)cccc1[C@@H]1CN2C(=O)CN(C3CC3)C(=O)[C@]2(C)c2[nH]c3ccccc3c21. The number of carbonyl (C=O) groups excluding carboxylic acids is 2. The second-order valence-electron chi connectivity index (χ2n) is 9.56. The van der Waals surface area contributed by atoms with Gasteiger partial charge in [0.1, 0.15) is 6.54 Å². The van der Waals surface area contributed by atoms with Crippen molar-refractivity contribution in [1.82, 2.24) is 14.8 Å². The number of nitrogens with zero attached hydrogens (tertiary/aromatic N) is 2. The minimum Gasteiger partial charge on any atom is -0.493 e. The van der Waals surface area contributed by atoms with Crippen LogP contribution in [0.2, 0.25) is 0 Å². The molecule has 2 amide bonds. The molecule has 6 rings (SSSR count). The third kappa shape index (κ3) is 2.82. The number of aromatic nitrogens is 1. The lowest BCUT2D eigenvalue weighted by Crippen LogP contribution is -2.67. The smallest absolute Gasteiger partial charge is 0.255 e. The van der Waals surface area contributed by atoms with E-state index in [4.69, 9.17) is 9.47 Å². The Balaban J connectivity index is 1.61. The van der Waals surface area contributed by atoms with Gasteiger partial charge in [-0.3, -0.25) is 9.59 Å². The molecule has 0 unspecified atom stereocenters. The molecule has 3 aliphatic rings. The molecule has 2 aromatic carbocycles. The summed E-state index contributed by atoms with van der Waals surface area (Å²) in [6.45, 7) is 4.90. The topological polar surface area (TPSA) is 74.9 Å². The summed E-state index contributed by atoms with van der Waals surface area (Å²) in [5.74, 6) is 1.18. The van der Waals surface area contributed by atoms with E-state index in [1.54, 1.807) is 16.9 Å². The molecule has 1 N–H and O–H groups in total. The molecule has 0 radical (unpaired) electrons. The van der Waals surface area contributed by atoms with E-state index in [1.165, 1.54) is 0 Å². The fraction of sp³-hybridized carbons (Fsp3) is 0.407. The molecular formula is C27H29N3O4. The Morgan fingerprint density at radius 1 is 1.12 bits per heavy atom. The summed E-state index contributed by atoms with van der Waals surface area (Å²) in [7, 11) is 1.63. The van der Waals surface area contributed by atoms with E-state index in [9.17, 15) is 9.59 Å². The Morgan fingerprint density at radius 2 is 1.91 bits per heavy atom. The van der Waals surface area contributed by atoms with Gasteiger partial charge in [0, 0.05) is 35.0 Å². The Morgan fingerprint density at radius 3 is 2.65 bits per heavy atom. The van der Waals surface area contributed by atoms with E-state index in [2.05, 4.69) is 11.1 Å². The highest BCUT2D eigenvalue weighted by Crippen LogP contribution is 2.51. The number of hydrogen-bond acceptors (Lipinski definition) is 4. The van der Waals surface area contributed by atoms with Crippen molar-refractivity contribution in [2.45, 2.75) is 44.2 Å². The Labute approximate surface area is 198 Å². The van der Waals surface area contributed by atoms with Crippen LogP contribution in [0, 0.1) is 0 Å². The maximum absolute atomic E-state index is 13.9. The van der Waals surface area contributed by atoms with Crippen LogP contribution in [0.5, 0.6) is 11.5 Å². The average Bonchev–Trinajstić information content (AvgIpc) is 3.61. The van der Waals surface area contributed by atoms with Gasteiger partial charge in [0.15, 0.2) is 17.0 Å². The highest BCUT2D eigenvalue weighted by Gasteiger charge is 2.58. The number of hydrogen-bond donors (Lipinski definition) is 1. The Bertz CT molecular complexity index is 1310. The monoisotopic (exact) mass is 459 g/mol. The van der Waals surface area contributed by atoms with Crippen LogP contribution in [0.4, 0.5) is 0 Å². The van der Waals surface area contributed by atoms with Crippen molar-refractivity contribution in [2.24, 2.45) is 0 Å². The molecule has 7 heteroatoms. The van der Waals surface area contributed by atoms with Crippen LogP contribution < -0.4 is 9.47 Å². The lowest BCUT2D eigenvalue weighted by molar-refractivity contribution is -0.166. The molecule has 34 heavy (non-hydrogen) atoms. The number of nitrogens with one attached hydrogen (secondary N) is 1. The third-order valence-corrected chi connectivity index (χ3v) is 7.65. The third-order valence-electron chi connectivity index (χ3n) is 7.65. The number of para-hydroxylation sites is 2. The van der Waals surface area contributed by atoms with E-state index in [0.717, 1.165) is 40.6 Å². The highest BCUT2D eigenvalue weighted by molar-refractivity contribution is 6.01. The van der Waals surface area contributed by atoms with E-state index in [0.29, 0.717) is 24.7 Å². The van der Waals surface area contributed by atoms with Crippen LogP contribution in [0.1, 0.15) is 49.4 Å². The quantitative estimate of drug-likeness (QED) is 0.630. The summed E-state index contributed by atoms with van der Waals surface area (Å²) >= 11 is 0. The highest BCUT2D eigenvalue weighted by atomic mass is 16.5. The van der Waals surface area contributed by atoms with Gasteiger partial charge in [-0.2, -0.15) is 0 Å². The largest absolute Gasteiger partial charge is 0.493 e. The first-order valence-corrected chi connectivity index (χ1v) is 12.0. The van der Waals surface area contributed by atoms with Crippen LogP contribution in [0.15, 0.2) is 42.5 Å². The van der Waals surface area contributed by atoms with Crippen LogP contribution in [-0.4, -0.2) is 59.4 Å². The normalized spacial score (nSPS) is 24.3. The molecule has 1 aliphatic carbocycles. The number of ether oxygens (including phenoxy) is 2. The maximum Gasteiger partial charge on any atom is 0.255 e. The molecule has 2 fully saturated rings. The first-order chi connectivity index (χ1) is 16.5. The second-order valence-corrected chi connectivity index (χ2v) is 9.56. The molecule has 176 valence electrons. The first kappa shape index (κ1) is 21.1. The molecular weight excluding hydrogens is 430 g/mol. The Kier molecular flexibility index (Phi) is 4.66. The van der Waals surface area contributed by atoms with Gasteiger partial charge >= 0.3 is 0 Å². The number of carbonyl (C=O) groups is 2. The minimum absolute atomic E-state index is 0.0100. The Hall–Kier alpha value is -3.48. The summed E-state index contributed by atoms with van der Waals surface area (Å²) in [6.07, 6.45) is 1.94. The van der Waals surface area contributed by atoms with Crippen LogP contribution in [0.25, 0.3) is 10.9 Å². The fourth-order valence-corrected chi connectivity index (χ4v) is 5.86. The summed E-state index contributed by atoms with van der Waals surface area (Å²) < 4.78 is 11.7. The van der Waals surface area contributed by atoms with Crippen molar-refractivity contribution in [3.63, 3.8) is 0 Å². The number of H-pyrrole nitrogens is 1. The zero-order valence-corrected chi connectivity index (χ0v) is 19.8. The molecule has 2 aliphatic heterocycles. The van der Waals surface area contributed by atoms with Gasteiger partial charge in [-0.25, -0.2) is 0 Å². The molecule has 1 aromatic heterocycles. The molecule has 0 spiro atoms. The van der Waals surface area contributed by atoms with E-state index >= 15 is 0 Å². The lowest BCUT2D eigenvalue weighted by atomic mass is 9.76. The number of fused-ring (bicyclic) bond motifs is 5. The summed E-state index contributed by atoms with van der Waals surface area (Å²) in [6, 6.07) is 14.2. The van der Waals surface area contributed by atoms with Crippen LogP contribution in [-0.2, 0) is 15.1 Å². The number of aromatic amines is 1. The molecule has 3 aromatic rings. The van der Waals surface area contributed by atoms with Gasteiger partial charge in [-0.05, 0) is 44.4 Å². The van der Waals surface area contributed by atoms with Gasteiger partial charge in [-0.15, -0.1) is 0 Å². The standard InChI is InChI=1S/C27H29N3O4/c1-4-34-24-17(9-7-11-21(24)33-3)19-14-30-22(31)15-29(16-12-13-16)26(32)27(30,2)25-23(19)18-8-5-6-10-20(18)28-25/h5-11,16,19,28H,4,12-15H2,1-3H3/t19-,27-/m0/s1. The van der Waals surface area contributed by atoms with Gasteiger partial charge in [0.05, 0.1) is 19.4 Å².